The average molecular weight is 322 g/mol. The molecular formula is C14H12BrNO3. The maximum atomic E-state index is 11.4. The third-order valence-corrected chi connectivity index (χ3v) is 3.07. The first-order chi connectivity index (χ1) is 9.11. The van der Waals surface area contributed by atoms with Gasteiger partial charge in [-0.25, -0.2) is 0 Å². The zero-order valence-corrected chi connectivity index (χ0v) is 11.6. The fourth-order valence-electron chi connectivity index (χ4n) is 1.64. The van der Waals surface area contributed by atoms with Gasteiger partial charge in [0.1, 0.15) is 11.5 Å². The van der Waals surface area contributed by atoms with E-state index in [4.69, 9.17) is 10.5 Å². The molecule has 0 saturated heterocycles. The van der Waals surface area contributed by atoms with Crippen molar-refractivity contribution in [3.63, 3.8) is 0 Å². The summed E-state index contributed by atoms with van der Waals surface area (Å²) in [6, 6.07) is 12.0. The van der Waals surface area contributed by atoms with Crippen LogP contribution in [0.3, 0.4) is 0 Å². The minimum absolute atomic E-state index is 0.143. The van der Waals surface area contributed by atoms with E-state index in [-0.39, 0.29) is 12.2 Å². The van der Waals surface area contributed by atoms with Gasteiger partial charge in [-0.05, 0) is 24.3 Å². The van der Waals surface area contributed by atoms with Gasteiger partial charge in [-0.3, -0.25) is 4.79 Å². The molecule has 5 heteroatoms. The standard InChI is InChI=1S/C14H12BrNO3/c15-10-5-6-11(14(16)18)13(7-10)19-12-4-2-1-3-9(12)8-17/h1-7,17H,8H2,(H2,16,18). The highest BCUT2D eigenvalue weighted by Crippen LogP contribution is 2.30. The van der Waals surface area contributed by atoms with E-state index in [1.807, 2.05) is 0 Å². The van der Waals surface area contributed by atoms with E-state index in [0.717, 1.165) is 4.47 Å². The molecule has 98 valence electrons. The molecule has 0 aromatic heterocycles. The molecule has 0 spiro atoms. The van der Waals surface area contributed by atoms with E-state index in [0.29, 0.717) is 17.1 Å². The Balaban J connectivity index is 2.42. The van der Waals surface area contributed by atoms with Crippen LogP contribution < -0.4 is 10.5 Å². The van der Waals surface area contributed by atoms with Crippen LogP contribution in [0.2, 0.25) is 0 Å². The van der Waals surface area contributed by atoms with E-state index in [9.17, 15) is 9.90 Å². The number of carbonyl (C=O) groups excluding carboxylic acids is 1. The normalized spacial score (nSPS) is 10.2. The smallest absolute Gasteiger partial charge is 0.252 e. The molecule has 0 heterocycles. The Hall–Kier alpha value is -1.85. The van der Waals surface area contributed by atoms with Crippen molar-refractivity contribution >= 4 is 21.8 Å². The number of primary amides is 1. The summed E-state index contributed by atoms with van der Waals surface area (Å²) in [5.74, 6) is 0.275. The van der Waals surface area contributed by atoms with Crippen LogP contribution in [0.1, 0.15) is 15.9 Å². The Kier molecular flexibility index (Phi) is 4.19. The highest BCUT2D eigenvalue weighted by Gasteiger charge is 2.12. The monoisotopic (exact) mass is 321 g/mol. The summed E-state index contributed by atoms with van der Waals surface area (Å²) in [5, 5.41) is 9.25. The molecule has 0 radical (unpaired) electrons. The fourth-order valence-corrected chi connectivity index (χ4v) is 1.98. The van der Waals surface area contributed by atoms with Crippen LogP contribution in [0, 0.1) is 0 Å². The maximum absolute atomic E-state index is 11.4. The summed E-state index contributed by atoms with van der Waals surface area (Å²) in [6.45, 7) is -0.143. The topological polar surface area (TPSA) is 72.6 Å². The lowest BCUT2D eigenvalue weighted by Crippen LogP contribution is -2.12. The molecule has 0 unspecified atom stereocenters. The molecule has 0 saturated carbocycles. The molecule has 3 N–H and O–H groups in total. The summed E-state index contributed by atoms with van der Waals surface area (Å²) >= 11 is 3.31. The van der Waals surface area contributed by atoms with Gasteiger partial charge < -0.3 is 15.6 Å². The second-order valence-electron chi connectivity index (χ2n) is 3.87. The summed E-state index contributed by atoms with van der Waals surface area (Å²) < 4.78 is 6.46. The molecule has 0 aliphatic heterocycles. The number of ether oxygens (including phenoxy) is 1. The maximum Gasteiger partial charge on any atom is 0.252 e. The Morgan fingerprint density at radius 1 is 1.21 bits per heavy atom. The molecule has 0 aliphatic rings. The minimum atomic E-state index is -0.566. The fraction of sp³-hybridized carbons (Fsp3) is 0.0714. The number of amides is 1. The number of para-hydroxylation sites is 1. The highest BCUT2D eigenvalue weighted by molar-refractivity contribution is 9.10. The second-order valence-corrected chi connectivity index (χ2v) is 4.79. The van der Waals surface area contributed by atoms with Gasteiger partial charge in [0.15, 0.2) is 0 Å². The van der Waals surface area contributed by atoms with E-state index in [1.54, 1.807) is 42.5 Å². The third kappa shape index (κ3) is 3.13. The molecule has 0 fully saturated rings. The van der Waals surface area contributed by atoms with Crippen LogP contribution in [-0.4, -0.2) is 11.0 Å². The van der Waals surface area contributed by atoms with Crippen LogP contribution in [0.25, 0.3) is 0 Å². The first kappa shape index (κ1) is 13.6. The van der Waals surface area contributed by atoms with Crippen LogP contribution >= 0.6 is 15.9 Å². The molecule has 1 amide bonds. The second kappa shape index (κ2) is 5.86. The van der Waals surface area contributed by atoms with E-state index in [1.165, 1.54) is 0 Å². The Morgan fingerprint density at radius 2 is 1.95 bits per heavy atom. The summed E-state index contributed by atoms with van der Waals surface area (Å²) in [4.78, 5) is 11.4. The first-order valence-electron chi connectivity index (χ1n) is 5.58. The predicted octanol–water partition coefficient (Wildman–Crippen LogP) is 2.83. The number of halogens is 1. The molecule has 2 rings (SSSR count). The van der Waals surface area contributed by atoms with Crippen molar-refractivity contribution in [3.05, 3.63) is 58.1 Å². The average Bonchev–Trinajstić information content (AvgIpc) is 2.39. The Morgan fingerprint density at radius 3 is 2.63 bits per heavy atom. The minimum Gasteiger partial charge on any atom is -0.456 e. The molecule has 19 heavy (non-hydrogen) atoms. The van der Waals surface area contributed by atoms with Crippen molar-refractivity contribution in [1.29, 1.82) is 0 Å². The number of hydrogen-bond donors (Lipinski definition) is 2. The number of hydrogen-bond acceptors (Lipinski definition) is 3. The lowest BCUT2D eigenvalue weighted by molar-refractivity contribution is 0.0998. The summed E-state index contributed by atoms with van der Waals surface area (Å²) in [6.07, 6.45) is 0. The largest absolute Gasteiger partial charge is 0.456 e. The molecule has 0 atom stereocenters. The van der Waals surface area contributed by atoms with Crippen LogP contribution in [-0.2, 0) is 6.61 Å². The number of nitrogens with two attached hydrogens (primary N) is 1. The van der Waals surface area contributed by atoms with Crippen molar-refractivity contribution in [1.82, 2.24) is 0 Å². The Labute approximate surface area is 118 Å². The van der Waals surface area contributed by atoms with Gasteiger partial charge in [0.05, 0.1) is 12.2 Å². The van der Waals surface area contributed by atoms with Crippen molar-refractivity contribution in [3.8, 4) is 11.5 Å². The van der Waals surface area contributed by atoms with Crippen LogP contribution in [0.5, 0.6) is 11.5 Å². The molecular weight excluding hydrogens is 310 g/mol. The third-order valence-electron chi connectivity index (χ3n) is 2.57. The van der Waals surface area contributed by atoms with Gasteiger partial charge in [0.2, 0.25) is 0 Å². The SMILES string of the molecule is NC(=O)c1ccc(Br)cc1Oc1ccccc1CO. The summed E-state index contributed by atoms with van der Waals surface area (Å²) in [7, 11) is 0. The van der Waals surface area contributed by atoms with Crippen LogP contribution in [0.15, 0.2) is 46.9 Å². The van der Waals surface area contributed by atoms with Crippen molar-refractivity contribution in [2.45, 2.75) is 6.61 Å². The number of carbonyl (C=O) groups is 1. The molecule has 2 aromatic rings. The van der Waals surface area contributed by atoms with Crippen molar-refractivity contribution in [2.75, 3.05) is 0 Å². The lowest BCUT2D eigenvalue weighted by Gasteiger charge is -2.12. The first-order valence-corrected chi connectivity index (χ1v) is 6.37. The van der Waals surface area contributed by atoms with Gasteiger partial charge in [-0.1, -0.05) is 34.1 Å². The molecule has 0 aliphatic carbocycles. The Bertz CT molecular complexity index is 613. The number of aliphatic hydroxyl groups is 1. The van der Waals surface area contributed by atoms with Gasteiger partial charge in [-0.15, -0.1) is 0 Å². The van der Waals surface area contributed by atoms with E-state index >= 15 is 0 Å². The number of benzene rings is 2. The zero-order chi connectivity index (χ0) is 13.8. The summed E-state index contributed by atoms with van der Waals surface area (Å²) in [5.41, 5.74) is 6.23. The molecule has 2 aromatic carbocycles. The van der Waals surface area contributed by atoms with Crippen LogP contribution in [0.4, 0.5) is 0 Å². The van der Waals surface area contributed by atoms with Gasteiger partial charge in [0.25, 0.3) is 5.91 Å². The van der Waals surface area contributed by atoms with E-state index in [2.05, 4.69) is 15.9 Å². The van der Waals surface area contributed by atoms with E-state index < -0.39 is 5.91 Å². The van der Waals surface area contributed by atoms with Gasteiger partial charge in [0, 0.05) is 10.0 Å². The molecule has 0 bridgehead atoms. The quantitative estimate of drug-likeness (QED) is 0.909. The molecule has 4 nitrogen and oxygen atoms in total. The number of rotatable bonds is 4. The lowest BCUT2D eigenvalue weighted by atomic mass is 10.2. The predicted molar refractivity (Wildman–Crippen MR) is 75.1 cm³/mol. The van der Waals surface area contributed by atoms with Crippen molar-refractivity contribution < 1.29 is 14.6 Å². The number of aliphatic hydroxyl groups excluding tert-OH is 1. The van der Waals surface area contributed by atoms with Gasteiger partial charge in [-0.2, -0.15) is 0 Å². The zero-order valence-electron chi connectivity index (χ0n) is 9.97. The highest BCUT2D eigenvalue weighted by atomic mass is 79.9. The van der Waals surface area contributed by atoms with Gasteiger partial charge >= 0.3 is 0 Å². The van der Waals surface area contributed by atoms with Crippen molar-refractivity contribution in [2.24, 2.45) is 5.73 Å².